The molecule has 0 saturated carbocycles. The Bertz CT molecular complexity index is 612. The predicted molar refractivity (Wildman–Crippen MR) is 85.9 cm³/mol. The average molecular weight is 336 g/mol. The van der Waals surface area contributed by atoms with Crippen LogP contribution < -0.4 is 5.32 Å². The van der Waals surface area contributed by atoms with E-state index in [9.17, 15) is 4.79 Å². The maximum atomic E-state index is 11.6. The minimum Gasteiger partial charge on any atom is -0.466 e. The van der Waals surface area contributed by atoms with Crippen LogP contribution in [-0.2, 0) is 9.53 Å². The monoisotopic (exact) mass is 335 g/mol. The lowest BCUT2D eigenvalue weighted by Crippen LogP contribution is -2.22. The molecule has 0 aliphatic rings. The lowest BCUT2D eigenvalue weighted by molar-refractivity contribution is -0.146. The number of esters is 1. The standard InChI is InChI=1S/C16H18BrNO2/c1-3-20-16(19)11(2)10-18-15-9-8-14(17)12-6-4-5-7-13(12)15/h4-9,11,18H,3,10H2,1-2H3. The van der Waals surface area contributed by atoms with Crippen molar-refractivity contribution < 1.29 is 9.53 Å². The molecule has 20 heavy (non-hydrogen) atoms. The van der Waals surface area contributed by atoms with E-state index in [1.54, 1.807) is 0 Å². The Kier molecular flexibility index (Phi) is 5.01. The highest BCUT2D eigenvalue weighted by Crippen LogP contribution is 2.30. The van der Waals surface area contributed by atoms with E-state index in [1.807, 2.05) is 38.1 Å². The fourth-order valence-corrected chi connectivity index (χ4v) is 2.53. The maximum absolute atomic E-state index is 11.6. The number of benzene rings is 2. The molecule has 0 bridgehead atoms. The summed E-state index contributed by atoms with van der Waals surface area (Å²) in [4.78, 5) is 11.6. The van der Waals surface area contributed by atoms with Crippen LogP contribution in [-0.4, -0.2) is 19.1 Å². The lowest BCUT2D eigenvalue weighted by atomic mass is 10.1. The van der Waals surface area contributed by atoms with Crippen LogP contribution in [0.1, 0.15) is 13.8 Å². The van der Waals surface area contributed by atoms with Crippen LogP contribution in [0.3, 0.4) is 0 Å². The van der Waals surface area contributed by atoms with E-state index in [1.165, 1.54) is 0 Å². The van der Waals surface area contributed by atoms with Gasteiger partial charge in [0, 0.05) is 22.1 Å². The van der Waals surface area contributed by atoms with Gasteiger partial charge in [-0.25, -0.2) is 0 Å². The van der Waals surface area contributed by atoms with Crippen LogP contribution in [0.25, 0.3) is 10.8 Å². The van der Waals surface area contributed by atoms with Gasteiger partial charge in [0.05, 0.1) is 12.5 Å². The third kappa shape index (κ3) is 3.31. The first-order valence-electron chi connectivity index (χ1n) is 6.71. The van der Waals surface area contributed by atoms with Gasteiger partial charge in [-0.15, -0.1) is 0 Å². The molecule has 1 N–H and O–H groups in total. The molecule has 0 radical (unpaired) electrons. The van der Waals surface area contributed by atoms with Crippen molar-refractivity contribution in [3.05, 3.63) is 40.9 Å². The Balaban J connectivity index is 2.15. The molecule has 0 spiro atoms. The van der Waals surface area contributed by atoms with Gasteiger partial charge < -0.3 is 10.1 Å². The highest BCUT2D eigenvalue weighted by molar-refractivity contribution is 9.10. The normalized spacial score (nSPS) is 12.2. The van der Waals surface area contributed by atoms with Crippen molar-refractivity contribution in [2.75, 3.05) is 18.5 Å². The molecule has 0 amide bonds. The molecule has 0 aliphatic heterocycles. The number of hydrogen-bond acceptors (Lipinski definition) is 3. The zero-order valence-electron chi connectivity index (χ0n) is 11.7. The molecule has 1 unspecified atom stereocenters. The minimum absolute atomic E-state index is 0.165. The molecule has 2 aromatic carbocycles. The second-order valence-electron chi connectivity index (χ2n) is 4.67. The van der Waals surface area contributed by atoms with Gasteiger partial charge >= 0.3 is 5.97 Å². The Labute approximate surface area is 127 Å². The number of ether oxygens (including phenoxy) is 1. The van der Waals surface area contributed by atoms with Crippen molar-refractivity contribution in [3.63, 3.8) is 0 Å². The van der Waals surface area contributed by atoms with Gasteiger partial charge in [0.25, 0.3) is 0 Å². The largest absolute Gasteiger partial charge is 0.466 e. The molecule has 2 rings (SSSR count). The predicted octanol–water partition coefficient (Wildman–Crippen LogP) is 4.21. The topological polar surface area (TPSA) is 38.3 Å². The van der Waals surface area contributed by atoms with Gasteiger partial charge in [0.2, 0.25) is 0 Å². The maximum Gasteiger partial charge on any atom is 0.310 e. The zero-order chi connectivity index (χ0) is 14.5. The quantitative estimate of drug-likeness (QED) is 0.831. The van der Waals surface area contributed by atoms with E-state index >= 15 is 0 Å². The first-order chi connectivity index (χ1) is 9.63. The molecule has 3 nitrogen and oxygen atoms in total. The number of rotatable bonds is 5. The molecule has 0 fully saturated rings. The number of hydrogen-bond donors (Lipinski definition) is 1. The Morgan fingerprint density at radius 2 is 1.95 bits per heavy atom. The highest BCUT2D eigenvalue weighted by Gasteiger charge is 2.14. The number of carbonyl (C=O) groups is 1. The van der Waals surface area contributed by atoms with Gasteiger partial charge in [-0.1, -0.05) is 47.1 Å². The van der Waals surface area contributed by atoms with E-state index in [4.69, 9.17) is 4.74 Å². The summed E-state index contributed by atoms with van der Waals surface area (Å²) in [6.45, 7) is 4.67. The highest BCUT2D eigenvalue weighted by atomic mass is 79.9. The molecule has 2 aromatic rings. The van der Waals surface area contributed by atoms with Crippen LogP contribution in [0, 0.1) is 5.92 Å². The van der Waals surface area contributed by atoms with E-state index in [0.29, 0.717) is 13.2 Å². The third-order valence-corrected chi connectivity index (χ3v) is 3.85. The smallest absolute Gasteiger partial charge is 0.310 e. The fraction of sp³-hybridized carbons (Fsp3) is 0.312. The summed E-state index contributed by atoms with van der Waals surface area (Å²) < 4.78 is 6.08. The van der Waals surface area contributed by atoms with Crippen molar-refractivity contribution >= 4 is 38.4 Å². The summed E-state index contributed by atoms with van der Waals surface area (Å²) in [5.74, 6) is -0.334. The van der Waals surface area contributed by atoms with E-state index in [0.717, 1.165) is 20.9 Å². The summed E-state index contributed by atoms with van der Waals surface area (Å²) in [5, 5.41) is 5.62. The third-order valence-electron chi connectivity index (χ3n) is 3.16. The fourth-order valence-electron chi connectivity index (χ4n) is 2.05. The molecular formula is C16H18BrNO2. The summed E-state index contributed by atoms with van der Waals surface area (Å²) >= 11 is 3.55. The van der Waals surface area contributed by atoms with Crippen LogP contribution in [0.5, 0.6) is 0 Å². The molecule has 0 saturated heterocycles. The van der Waals surface area contributed by atoms with Crippen LogP contribution in [0.2, 0.25) is 0 Å². The molecule has 0 aliphatic carbocycles. The number of nitrogens with one attached hydrogen (secondary N) is 1. The SMILES string of the molecule is CCOC(=O)C(C)CNc1ccc(Br)c2ccccc12. The molecular weight excluding hydrogens is 318 g/mol. The number of anilines is 1. The molecule has 0 heterocycles. The Morgan fingerprint density at radius 1 is 1.25 bits per heavy atom. The van der Waals surface area contributed by atoms with Crippen LogP contribution in [0.15, 0.2) is 40.9 Å². The second-order valence-corrected chi connectivity index (χ2v) is 5.53. The van der Waals surface area contributed by atoms with E-state index in [2.05, 4.69) is 33.4 Å². The minimum atomic E-state index is -0.169. The summed E-state index contributed by atoms with van der Waals surface area (Å²) in [7, 11) is 0. The van der Waals surface area contributed by atoms with Gasteiger partial charge in [0.15, 0.2) is 0 Å². The van der Waals surface area contributed by atoms with E-state index < -0.39 is 0 Å². The van der Waals surface area contributed by atoms with Crippen molar-refractivity contribution in [2.45, 2.75) is 13.8 Å². The first-order valence-corrected chi connectivity index (χ1v) is 7.50. The summed E-state index contributed by atoms with van der Waals surface area (Å²) in [6, 6.07) is 12.2. The van der Waals surface area contributed by atoms with Crippen LogP contribution >= 0.6 is 15.9 Å². The zero-order valence-corrected chi connectivity index (χ0v) is 13.2. The van der Waals surface area contributed by atoms with Crippen molar-refractivity contribution in [1.82, 2.24) is 0 Å². The summed E-state index contributed by atoms with van der Waals surface area (Å²) in [6.07, 6.45) is 0. The van der Waals surface area contributed by atoms with Gasteiger partial charge in [-0.05, 0) is 24.4 Å². The van der Waals surface area contributed by atoms with Crippen molar-refractivity contribution in [2.24, 2.45) is 5.92 Å². The Morgan fingerprint density at radius 3 is 2.65 bits per heavy atom. The van der Waals surface area contributed by atoms with E-state index in [-0.39, 0.29) is 11.9 Å². The number of carbonyl (C=O) groups excluding carboxylic acids is 1. The van der Waals surface area contributed by atoms with Crippen molar-refractivity contribution in [3.8, 4) is 0 Å². The van der Waals surface area contributed by atoms with Gasteiger partial charge in [-0.2, -0.15) is 0 Å². The number of halogens is 1. The van der Waals surface area contributed by atoms with Crippen molar-refractivity contribution in [1.29, 1.82) is 0 Å². The van der Waals surface area contributed by atoms with Gasteiger partial charge in [-0.3, -0.25) is 4.79 Å². The molecule has 4 heteroatoms. The molecule has 106 valence electrons. The molecule has 1 atom stereocenters. The number of fused-ring (bicyclic) bond motifs is 1. The average Bonchev–Trinajstić information content (AvgIpc) is 2.47. The molecule has 0 aromatic heterocycles. The summed E-state index contributed by atoms with van der Waals surface area (Å²) in [5.41, 5.74) is 1.03. The van der Waals surface area contributed by atoms with Crippen LogP contribution in [0.4, 0.5) is 5.69 Å². The first kappa shape index (κ1) is 14.9. The second kappa shape index (κ2) is 6.75. The Hall–Kier alpha value is -1.55. The van der Waals surface area contributed by atoms with Gasteiger partial charge in [0.1, 0.15) is 0 Å². The lowest BCUT2D eigenvalue weighted by Gasteiger charge is -2.14.